The fraction of sp³-hybridized carbons (Fsp3) is 0.552. The third kappa shape index (κ3) is 6.05. The summed E-state index contributed by atoms with van der Waals surface area (Å²) in [6.45, 7) is 9.93. The van der Waals surface area contributed by atoms with Crippen molar-refractivity contribution in [3.63, 3.8) is 0 Å². The SMILES string of the molecule is C=C/C=C(\C=C/COC1CCN(C2CCC2)CC1)CN1CCC(c2cccc3[nH]c(=O)oc23)CC1. The second kappa shape index (κ2) is 11.5. The number of aromatic amines is 1. The molecule has 0 spiro atoms. The molecule has 1 N–H and O–H groups in total. The van der Waals surface area contributed by atoms with E-state index in [1.165, 1.54) is 37.9 Å². The summed E-state index contributed by atoms with van der Waals surface area (Å²) in [5.41, 5.74) is 3.93. The van der Waals surface area contributed by atoms with E-state index >= 15 is 0 Å². The number of aromatic nitrogens is 1. The van der Waals surface area contributed by atoms with Gasteiger partial charge in [-0.1, -0.05) is 49.4 Å². The summed E-state index contributed by atoms with van der Waals surface area (Å²) < 4.78 is 11.6. The minimum Gasteiger partial charge on any atom is -0.408 e. The van der Waals surface area contributed by atoms with Crippen molar-refractivity contribution in [3.05, 3.63) is 70.8 Å². The van der Waals surface area contributed by atoms with E-state index in [-0.39, 0.29) is 5.76 Å². The van der Waals surface area contributed by atoms with E-state index in [0.717, 1.165) is 68.0 Å². The molecular weight excluding hydrogens is 438 g/mol. The summed E-state index contributed by atoms with van der Waals surface area (Å²) in [6, 6.07) is 6.86. The quantitative estimate of drug-likeness (QED) is 0.515. The standard InChI is InChI=1S/C29H39N3O3/c1-2-6-22(7-5-20-34-25-14-18-32(19-15-25)24-8-3-9-24)21-31-16-12-23(13-17-31)26-10-4-11-27-28(26)35-29(33)30-27/h2,4-7,10-11,23-25H,1,3,8-9,12-21H2,(H,30,33)/b7-5-,22-6+. The van der Waals surface area contributed by atoms with Crippen molar-refractivity contribution in [1.82, 2.24) is 14.8 Å². The van der Waals surface area contributed by atoms with Gasteiger partial charge in [0.2, 0.25) is 0 Å². The lowest BCUT2D eigenvalue weighted by Crippen LogP contribution is -2.46. The number of ether oxygens (including phenoxy) is 1. The molecule has 3 aliphatic rings. The highest BCUT2D eigenvalue weighted by Crippen LogP contribution is 2.32. The molecule has 2 aromatic rings. The van der Waals surface area contributed by atoms with Crippen molar-refractivity contribution >= 4 is 11.1 Å². The maximum atomic E-state index is 11.6. The predicted molar refractivity (Wildman–Crippen MR) is 141 cm³/mol. The van der Waals surface area contributed by atoms with E-state index in [1.54, 1.807) is 0 Å². The molecular formula is C29H39N3O3. The average Bonchev–Trinajstić information content (AvgIpc) is 3.22. The van der Waals surface area contributed by atoms with Crippen molar-refractivity contribution in [1.29, 1.82) is 0 Å². The molecule has 2 aliphatic heterocycles. The molecule has 6 nitrogen and oxygen atoms in total. The molecule has 188 valence electrons. The van der Waals surface area contributed by atoms with E-state index in [1.807, 2.05) is 18.2 Å². The summed E-state index contributed by atoms with van der Waals surface area (Å²) in [5, 5.41) is 0. The van der Waals surface area contributed by atoms with Gasteiger partial charge < -0.3 is 14.1 Å². The summed E-state index contributed by atoms with van der Waals surface area (Å²) in [5.74, 6) is 0.0411. The van der Waals surface area contributed by atoms with Crippen LogP contribution < -0.4 is 5.76 Å². The molecule has 2 saturated heterocycles. The summed E-state index contributed by atoms with van der Waals surface area (Å²) in [6.07, 6.45) is 17.4. The minimum absolute atomic E-state index is 0.376. The van der Waals surface area contributed by atoms with Crippen LogP contribution in [0, 0.1) is 0 Å². The number of para-hydroxylation sites is 1. The van der Waals surface area contributed by atoms with Crippen LogP contribution in [0.4, 0.5) is 0 Å². The molecule has 1 aromatic carbocycles. The highest BCUT2D eigenvalue weighted by atomic mass is 16.5. The number of fused-ring (bicyclic) bond motifs is 1. The van der Waals surface area contributed by atoms with Crippen molar-refractivity contribution in [2.75, 3.05) is 39.3 Å². The van der Waals surface area contributed by atoms with Gasteiger partial charge in [0.25, 0.3) is 0 Å². The second-order valence-electron chi connectivity index (χ2n) is 10.3. The van der Waals surface area contributed by atoms with Crippen LogP contribution in [0.5, 0.6) is 0 Å². The Morgan fingerprint density at radius 3 is 2.63 bits per heavy atom. The van der Waals surface area contributed by atoms with E-state index in [2.05, 4.69) is 45.7 Å². The molecule has 1 aromatic heterocycles. The minimum atomic E-state index is -0.376. The predicted octanol–water partition coefficient (Wildman–Crippen LogP) is 5.00. The normalized spacial score (nSPS) is 22.2. The van der Waals surface area contributed by atoms with Crippen molar-refractivity contribution in [3.8, 4) is 0 Å². The molecule has 35 heavy (non-hydrogen) atoms. The average molecular weight is 478 g/mol. The molecule has 1 saturated carbocycles. The lowest BCUT2D eigenvalue weighted by atomic mass is 9.88. The number of hydrogen-bond acceptors (Lipinski definition) is 5. The van der Waals surface area contributed by atoms with Gasteiger partial charge in [0.15, 0.2) is 5.58 Å². The van der Waals surface area contributed by atoms with Gasteiger partial charge in [0.05, 0.1) is 18.2 Å². The number of oxazole rings is 1. The number of likely N-dealkylation sites (tertiary alicyclic amines) is 2. The Balaban J connectivity index is 1.07. The highest BCUT2D eigenvalue weighted by molar-refractivity contribution is 5.76. The van der Waals surface area contributed by atoms with Crippen LogP contribution in [0.3, 0.4) is 0 Å². The Morgan fingerprint density at radius 2 is 1.91 bits per heavy atom. The first-order chi connectivity index (χ1) is 17.2. The molecule has 6 heteroatoms. The second-order valence-corrected chi connectivity index (χ2v) is 10.3. The van der Waals surface area contributed by atoms with Crippen LogP contribution in [-0.2, 0) is 4.74 Å². The monoisotopic (exact) mass is 477 g/mol. The van der Waals surface area contributed by atoms with E-state index in [4.69, 9.17) is 9.15 Å². The maximum absolute atomic E-state index is 11.6. The largest absolute Gasteiger partial charge is 0.417 e. The molecule has 3 fully saturated rings. The number of nitrogens with one attached hydrogen (secondary N) is 1. The van der Waals surface area contributed by atoms with E-state index in [0.29, 0.717) is 18.6 Å². The summed E-state index contributed by atoms with van der Waals surface area (Å²) >= 11 is 0. The van der Waals surface area contributed by atoms with Gasteiger partial charge in [-0.3, -0.25) is 9.88 Å². The van der Waals surface area contributed by atoms with Crippen molar-refractivity contribution in [2.45, 2.75) is 63.0 Å². The van der Waals surface area contributed by atoms with Gasteiger partial charge in [-0.05, 0) is 69.2 Å². The molecule has 1 aliphatic carbocycles. The Bertz CT molecular complexity index is 1090. The topological polar surface area (TPSA) is 61.7 Å². The first-order valence-electron chi connectivity index (χ1n) is 13.4. The number of benzene rings is 1. The van der Waals surface area contributed by atoms with Gasteiger partial charge in [0, 0.05) is 31.2 Å². The Morgan fingerprint density at radius 1 is 1.11 bits per heavy atom. The van der Waals surface area contributed by atoms with Crippen molar-refractivity contribution < 1.29 is 9.15 Å². The van der Waals surface area contributed by atoms with Crippen LogP contribution in [0.25, 0.3) is 11.1 Å². The first-order valence-corrected chi connectivity index (χ1v) is 13.4. The lowest BCUT2D eigenvalue weighted by Gasteiger charge is -2.41. The maximum Gasteiger partial charge on any atom is 0.417 e. The molecule has 0 amide bonds. The van der Waals surface area contributed by atoms with Crippen LogP contribution in [0.2, 0.25) is 0 Å². The zero-order chi connectivity index (χ0) is 24.0. The molecule has 0 unspecified atom stereocenters. The fourth-order valence-corrected chi connectivity index (χ4v) is 5.84. The summed E-state index contributed by atoms with van der Waals surface area (Å²) in [7, 11) is 0. The Kier molecular flexibility index (Phi) is 8.02. The molecule has 5 rings (SSSR count). The van der Waals surface area contributed by atoms with E-state index in [9.17, 15) is 4.79 Å². The number of hydrogen-bond donors (Lipinski definition) is 1. The zero-order valence-corrected chi connectivity index (χ0v) is 20.8. The van der Waals surface area contributed by atoms with Crippen LogP contribution >= 0.6 is 0 Å². The highest BCUT2D eigenvalue weighted by Gasteiger charge is 2.29. The lowest BCUT2D eigenvalue weighted by molar-refractivity contribution is -0.000548. The Hall–Kier alpha value is -2.41. The zero-order valence-electron chi connectivity index (χ0n) is 20.8. The Labute approximate surface area is 208 Å². The molecule has 0 bridgehead atoms. The number of nitrogens with zero attached hydrogens (tertiary/aromatic N) is 2. The van der Waals surface area contributed by atoms with Gasteiger partial charge in [0.1, 0.15) is 0 Å². The molecule has 0 atom stereocenters. The van der Waals surface area contributed by atoms with Crippen LogP contribution in [0.15, 0.2) is 63.9 Å². The van der Waals surface area contributed by atoms with Gasteiger partial charge in [-0.15, -0.1) is 0 Å². The van der Waals surface area contributed by atoms with Gasteiger partial charge in [-0.2, -0.15) is 0 Å². The number of piperidine rings is 2. The van der Waals surface area contributed by atoms with Crippen LogP contribution in [-0.4, -0.2) is 66.3 Å². The van der Waals surface area contributed by atoms with E-state index < -0.39 is 0 Å². The first kappa shape index (κ1) is 24.3. The smallest absolute Gasteiger partial charge is 0.408 e. The van der Waals surface area contributed by atoms with Gasteiger partial charge >= 0.3 is 5.76 Å². The third-order valence-electron chi connectivity index (χ3n) is 8.07. The van der Waals surface area contributed by atoms with Crippen LogP contribution in [0.1, 0.15) is 56.4 Å². The summed E-state index contributed by atoms with van der Waals surface area (Å²) in [4.78, 5) is 19.6. The fourth-order valence-electron chi connectivity index (χ4n) is 5.84. The van der Waals surface area contributed by atoms with Gasteiger partial charge in [-0.25, -0.2) is 4.79 Å². The number of rotatable bonds is 9. The number of H-pyrrole nitrogens is 1. The molecule has 3 heterocycles. The molecule has 0 radical (unpaired) electrons. The third-order valence-corrected chi connectivity index (χ3v) is 8.07. The number of allylic oxidation sites excluding steroid dienone is 2. The van der Waals surface area contributed by atoms with Crippen molar-refractivity contribution in [2.24, 2.45) is 0 Å².